The van der Waals surface area contributed by atoms with Gasteiger partial charge in [-0.3, -0.25) is 0 Å². The van der Waals surface area contributed by atoms with E-state index in [4.69, 9.17) is 10.3 Å². The highest BCUT2D eigenvalue weighted by molar-refractivity contribution is 5.02. The van der Waals surface area contributed by atoms with Crippen molar-refractivity contribution in [2.45, 2.75) is 46.6 Å². The molecule has 1 aromatic rings. The molecule has 1 atom stereocenters. The monoisotopic (exact) mass is 197 g/mol. The maximum absolute atomic E-state index is 6.15. The Labute approximate surface area is 84.9 Å². The molecule has 1 rings (SSSR count). The van der Waals surface area contributed by atoms with Gasteiger partial charge >= 0.3 is 0 Å². The molecule has 0 amide bonds. The fourth-order valence-corrected chi connectivity index (χ4v) is 1.71. The van der Waals surface area contributed by atoms with Crippen LogP contribution in [0.4, 0.5) is 0 Å². The molecule has 0 bridgehead atoms. The predicted molar refractivity (Wildman–Crippen MR) is 54.6 cm³/mol. The van der Waals surface area contributed by atoms with Crippen molar-refractivity contribution >= 4 is 0 Å². The van der Waals surface area contributed by atoms with Gasteiger partial charge in [0.05, 0.1) is 5.54 Å². The lowest BCUT2D eigenvalue weighted by Gasteiger charge is -2.29. The molecule has 0 aliphatic heterocycles. The zero-order chi connectivity index (χ0) is 11.0. The largest absolute Gasteiger partial charge is 0.340 e. The van der Waals surface area contributed by atoms with Gasteiger partial charge in [0.1, 0.15) is 0 Å². The van der Waals surface area contributed by atoms with Gasteiger partial charge in [-0.25, -0.2) is 0 Å². The predicted octanol–water partition coefficient (Wildman–Crippen LogP) is 1.99. The Balaban J connectivity index is 2.85. The van der Waals surface area contributed by atoms with Crippen molar-refractivity contribution in [3.63, 3.8) is 0 Å². The van der Waals surface area contributed by atoms with E-state index in [0.29, 0.717) is 11.7 Å². The maximum atomic E-state index is 6.15. The van der Waals surface area contributed by atoms with Crippen LogP contribution in [0.3, 0.4) is 0 Å². The van der Waals surface area contributed by atoms with Crippen molar-refractivity contribution in [2.75, 3.05) is 0 Å². The molecule has 0 aromatic carbocycles. The Hall–Kier alpha value is -0.900. The SMILES string of the molecule is Cc1nc([C@](C)(N)CC(C)(C)C)no1. The van der Waals surface area contributed by atoms with Crippen molar-refractivity contribution in [3.05, 3.63) is 11.7 Å². The van der Waals surface area contributed by atoms with E-state index < -0.39 is 5.54 Å². The summed E-state index contributed by atoms with van der Waals surface area (Å²) in [5.41, 5.74) is 5.79. The minimum atomic E-state index is -0.518. The summed E-state index contributed by atoms with van der Waals surface area (Å²) in [6, 6.07) is 0. The molecule has 0 saturated heterocycles. The van der Waals surface area contributed by atoms with Crippen molar-refractivity contribution in [3.8, 4) is 0 Å². The molecule has 0 spiro atoms. The van der Waals surface area contributed by atoms with Crippen LogP contribution < -0.4 is 5.73 Å². The molecule has 4 nitrogen and oxygen atoms in total. The highest BCUT2D eigenvalue weighted by Crippen LogP contribution is 2.30. The van der Waals surface area contributed by atoms with Crippen LogP contribution in [0.2, 0.25) is 0 Å². The Morgan fingerprint density at radius 3 is 2.21 bits per heavy atom. The third-order valence-electron chi connectivity index (χ3n) is 1.94. The number of hydrogen-bond donors (Lipinski definition) is 1. The van der Waals surface area contributed by atoms with E-state index in [1.807, 2.05) is 6.92 Å². The second-order valence-corrected chi connectivity index (χ2v) is 5.29. The molecule has 0 radical (unpaired) electrons. The minimum absolute atomic E-state index is 0.151. The molecule has 1 aromatic heterocycles. The molecule has 0 fully saturated rings. The van der Waals surface area contributed by atoms with E-state index in [0.717, 1.165) is 6.42 Å². The molecule has 80 valence electrons. The average molecular weight is 197 g/mol. The van der Waals surface area contributed by atoms with Gasteiger partial charge in [-0.15, -0.1) is 0 Å². The van der Waals surface area contributed by atoms with Crippen molar-refractivity contribution in [1.82, 2.24) is 10.1 Å². The summed E-state index contributed by atoms with van der Waals surface area (Å²) in [5, 5.41) is 3.86. The summed E-state index contributed by atoms with van der Waals surface area (Å²) in [7, 11) is 0. The Bertz CT molecular complexity index is 309. The maximum Gasteiger partial charge on any atom is 0.223 e. The summed E-state index contributed by atoms with van der Waals surface area (Å²) in [6.45, 7) is 10.1. The lowest BCUT2D eigenvalue weighted by molar-refractivity contribution is 0.256. The zero-order valence-corrected chi connectivity index (χ0v) is 9.59. The van der Waals surface area contributed by atoms with E-state index >= 15 is 0 Å². The van der Waals surface area contributed by atoms with Crippen LogP contribution in [0.1, 0.15) is 45.8 Å². The average Bonchev–Trinajstić information content (AvgIpc) is 2.29. The lowest BCUT2D eigenvalue weighted by Crippen LogP contribution is -2.38. The number of nitrogens with two attached hydrogens (primary N) is 1. The van der Waals surface area contributed by atoms with Gasteiger partial charge in [0.25, 0.3) is 0 Å². The van der Waals surface area contributed by atoms with Gasteiger partial charge in [0.15, 0.2) is 5.82 Å². The first-order chi connectivity index (χ1) is 6.21. The fourth-order valence-electron chi connectivity index (χ4n) is 1.71. The number of aromatic nitrogens is 2. The van der Waals surface area contributed by atoms with E-state index in [1.165, 1.54) is 0 Å². The van der Waals surface area contributed by atoms with Gasteiger partial charge in [-0.05, 0) is 18.8 Å². The Kier molecular flexibility index (Phi) is 2.67. The molecule has 1 heterocycles. The lowest BCUT2D eigenvalue weighted by atomic mass is 9.81. The first-order valence-electron chi connectivity index (χ1n) is 4.80. The van der Waals surface area contributed by atoms with Crippen LogP contribution in [0.25, 0.3) is 0 Å². The molecule has 0 aliphatic carbocycles. The fraction of sp³-hybridized carbons (Fsp3) is 0.800. The quantitative estimate of drug-likeness (QED) is 0.787. The van der Waals surface area contributed by atoms with Crippen LogP contribution in [0, 0.1) is 12.3 Å². The van der Waals surface area contributed by atoms with Crippen molar-refractivity contribution < 1.29 is 4.52 Å². The summed E-state index contributed by atoms with van der Waals surface area (Å²) >= 11 is 0. The van der Waals surface area contributed by atoms with Gasteiger partial charge in [-0.1, -0.05) is 25.9 Å². The van der Waals surface area contributed by atoms with Gasteiger partial charge < -0.3 is 10.3 Å². The number of aryl methyl sites for hydroxylation is 1. The Morgan fingerprint density at radius 1 is 1.29 bits per heavy atom. The summed E-state index contributed by atoms with van der Waals surface area (Å²) < 4.78 is 4.92. The summed E-state index contributed by atoms with van der Waals surface area (Å²) in [5.74, 6) is 1.15. The second-order valence-electron chi connectivity index (χ2n) is 5.29. The second kappa shape index (κ2) is 3.35. The smallest absolute Gasteiger partial charge is 0.223 e. The molecule has 0 aliphatic rings. The van der Waals surface area contributed by atoms with Crippen LogP contribution in [-0.2, 0) is 5.54 Å². The zero-order valence-electron chi connectivity index (χ0n) is 9.59. The molecular weight excluding hydrogens is 178 g/mol. The number of nitrogens with zero attached hydrogens (tertiary/aromatic N) is 2. The minimum Gasteiger partial charge on any atom is -0.340 e. The first-order valence-corrected chi connectivity index (χ1v) is 4.80. The molecule has 2 N–H and O–H groups in total. The van der Waals surface area contributed by atoms with E-state index in [2.05, 4.69) is 30.9 Å². The normalized spacial score (nSPS) is 16.7. The number of hydrogen-bond acceptors (Lipinski definition) is 4. The third kappa shape index (κ3) is 2.80. The first kappa shape index (κ1) is 11.2. The standard InChI is InChI=1S/C10H19N3O/c1-7-12-8(13-14-7)10(5,11)6-9(2,3)4/h6,11H2,1-5H3/t10-/m1/s1. The van der Waals surface area contributed by atoms with Gasteiger partial charge in [0, 0.05) is 6.92 Å². The van der Waals surface area contributed by atoms with Gasteiger partial charge in [-0.2, -0.15) is 4.98 Å². The van der Waals surface area contributed by atoms with Crippen LogP contribution in [0.5, 0.6) is 0 Å². The van der Waals surface area contributed by atoms with Crippen LogP contribution >= 0.6 is 0 Å². The van der Waals surface area contributed by atoms with Crippen LogP contribution in [0.15, 0.2) is 4.52 Å². The molecule has 14 heavy (non-hydrogen) atoms. The third-order valence-corrected chi connectivity index (χ3v) is 1.94. The summed E-state index contributed by atoms with van der Waals surface area (Å²) in [4.78, 5) is 4.16. The summed E-state index contributed by atoms with van der Waals surface area (Å²) in [6.07, 6.45) is 0.818. The highest BCUT2D eigenvalue weighted by atomic mass is 16.5. The highest BCUT2D eigenvalue weighted by Gasteiger charge is 2.31. The van der Waals surface area contributed by atoms with Crippen molar-refractivity contribution in [2.24, 2.45) is 11.1 Å². The van der Waals surface area contributed by atoms with Crippen LogP contribution in [-0.4, -0.2) is 10.1 Å². The number of rotatable bonds is 2. The molecule has 0 saturated carbocycles. The van der Waals surface area contributed by atoms with Gasteiger partial charge in [0.2, 0.25) is 5.89 Å². The van der Waals surface area contributed by atoms with Crippen molar-refractivity contribution in [1.29, 1.82) is 0 Å². The molecule has 0 unspecified atom stereocenters. The molecular formula is C10H19N3O. The molecule has 4 heteroatoms. The topological polar surface area (TPSA) is 64.9 Å². The Morgan fingerprint density at radius 2 is 1.86 bits per heavy atom. The van der Waals surface area contributed by atoms with E-state index in [1.54, 1.807) is 6.92 Å². The van der Waals surface area contributed by atoms with E-state index in [9.17, 15) is 0 Å². The van der Waals surface area contributed by atoms with E-state index in [-0.39, 0.29) is 5.41 Å².